The summed E-state index contributed by atoms with van der Waals surface area (Å²) in [6.07, 6.45) is 1.80. The van der Waals surface area contributed by atoms with Crippen LogP contribution in [0.3, 0.4) is 0 Å². The number of imidazole rings is 1. The molecular formula is C46H34N3O2Pt-. The van der Waals surface area contributed by atoms with E-state index < -0.39 is 0 Å². The van der Waals surface area contributed by atoms with Crippen LogP contribution in [0.4, 0.5) is 0 Å². The molecule has 0 fully saturated rings. The molecule has 3 aromatic heterocycles. The maximum Gasteiger partial charge on any atom is 0.148 e. The maximum atomic E-state index is 11.8. The van der Waals surface area contributed by atoms with Crippen LogP contribution in [0, 0.1) is 6.07 Å². The number of phenols is 1. The van der Waals surface area contributed by atoms with Crippen molar-refractivity contribution in [3.8, 4) is 56.3 Å². The molecule has 9 rings (SSSR count). The van der Waals surface area contributed by atoms with Gasteiger partial charge in [-0.15, -0.1) is 29.8 Å². The number of hydrogen-bond donors (Lipinski definition) is 1. The van der Waals surface area contributed by atoms with Crippen LogP contribution in [0.2, 0.25) is 0 Å². The van der Waals surface area contributed by atoms with Gasteiger partial charge in [0.05, 0.1) is 22.3 Å². The predicted octanol–water partition coefficient (Wildman–Crippen LogP) is 11.8. The van der Waals surface area contributed by atoms with Gasteiger partial charge in [-0.25, -0.2) is 4.98 Å². The molecular weight excluding hydrogens is 822 g/mol. The van der Waals surface area contributed by atoms with Crippen molar-refractivity contribution in [2.24, 2.45) is 0 Å². The maximum absolute atomic E-state index is 11.8. The van der Waals surface area contributed by atoms with Gasteiger partial charge in [0.15, 0.2) is 0 Å². The average Bonchev–Trinajstić information content (AvgIpc) is 3.73. The molecule has 5 nitrogen and oxygen atoms in total. The van der Waals surface area contributed by atoms with E-state index in [-0.39, 0.29) is 32.2 Å². The molecule has 0 atom stereocenters. The number of aromatic nitrogens is 3. The molecule has 0 unspecified atom stereocenters. The number of phenolic OH excluding ortho intramolecular Hbond substituents is 1. The molecule has 0 aliphatic carbocycles. The molecule has 0 aliphatic heterocycles. The quantitative estimate of drug-likeness (QED) is 0.175. The fourth-order valence-corrected chi connectivity index (χ4v) is 7.02. The van der Waals surface area contributed by atoms with Crippen LogP contribution in [0.25, 0.3) is 83.6 Å². The van der Waals surface area contributed by atoms with Gasteiger partial charge in [-0.1, -0.05) is 111 Å². The summed E-state index contributed by atoms with van der Waals surface area (Å²) in [6.45, 7) is 6.70. The smallest absolute Gasteiger partial charge is 0.148 e. The second-order valence-corrected chi connectivity index (χ2v) is 13.9. The summed E-state index contributed by atoms with van der Waals surface area (Å²) in [6, 6.07) is 50.6. The van der Waals surface area contributed by atoms with Crippen molar-refractivity contribution in [1.82, 2.24) is 14.5 Å². The third kappa shape index (κ3) is 5.72. The van der Waals surface area contributed by atoms with Crippen molar-refractivity contribution in [3.63, 3.8) is 0 Å². The Bertz CT molecular complexity index is 2740. The van der Waals surface area contributed by atoms with Crippen molar-refractivity contribution in [1.29, 1.82) is 0 Å². The van der Waals surface area contributed by atoms with Crippen molar-refractivity contribution in [2.75, 3.05) is 0 Å². The van der Waals surface area contributed by atoms with Gasteiger partial charge in [0, 0.05) is 49.3 Å². The first kappa shape index (κ1) is 33.4. The molecule has 6 heteroatoms. The van der Waals surface area contributed by atoms with Crippen molar-refractivity contribution in [3.05, 3.63) is 157 Å². The molecule has 0 radical (unpaired) electrons. The Balaban J connectivity index is 0.00000387. The van der Waals surface area contributed by atoms with E-state index in [4.69, 9.17) is 9.40 Å². The zero-order chi connectivity index (χ0) is 34.7. The van der Waals surface area contributed by atoms with E-state index in [1.165, 1.54) is 5.56 Å². The Morgan fingerprint density at radius 2 is 1.42 bits per heavy atom. The standard InChI is InChI=1S/C46H34N3O2.Pt/c1-46(2,3)32-22-23-39(35(26-32)29-13-5-4-6-14-29)49-40-20-12-18-33(30-15-11-16-31(25-30)38-19-9-10-24-47-38)44(40)48-45(49)37-28-43-36(27-41(37)50)34-17-7-8-21-42(34)51-43;/h4-24,26-28,50H,1-3H3;/q-1;. The number of pyridine rings is 1. The summed E-state index contributed by atoms with van der Waals surface area (Å²) in [5, 5.41) is 13.6. The Kier molecular flexibility index (Phi) is 8.40. The van der Waals surface area contributed by atoms with Gasteiger partial charge in [0.25, 0.3) is 0 Å². The Morgan fingerprint density at radius 1 is 0.654 bits per heavy atom. The van der Waals surface area contributed by atoms with Gasteiger partial charge >= 0.3 is 0 Å². The third-order valence-electron chi connectivity index (χ3n) is 9.64. The van der Waals surface area contributed by atoms with Gasteiger partial charge in [-0.3, -0.25) is 9.55 Å². The zero-order valence-corrected chi connectivity index (χ0v) is 31.1. The van der Waals surface area contributed by atoms with E-state index in [1.54, 1.807) is 12.3 Å². The van der Waals surface area contributed by atoms with Crippen LogP contribution in [0.15, 0.2) is 150 Å². The van der Waals surface area contributed by atoms with Crippen LogP contribution in [0.1, 0.15) is 26.3 Å². The van der Waals surface area contributed by atoms with Crippen LogP contribution >= 0.6 is 0 Å². The number of furan rings is 1. The first-order valence-electron chi connectivity index (χ1n) is 17.1. The van der Waals surface area contributed by atoms with Gasteiger partial charge in [-0.05, 0) is 59.0 Å². The molecule has 0 bridgehead atoms. The second-order valence-electron chi connectivity index (χ2n) is 13.9. The van der Waals surface area contributed by atoms with Crippen LogP contribution in [0.5, 0.6) is 5.75 Å². The molecule has 1 N–H and O–H groups in total. The van der Waals surface area contributed by atoms with Gasteiger partial charge in [0.2, 0.25) is 0 Å². The number of aromatic hydroxyl groups is 1. The number of fused-ring (bicyclic) bond motifs is 4. The minimum Gasteiger partial charge on any atom is -0.507 e. The fourth-order valence-electron chi connectivity index (χ4n) is 7.02. The molecule has 52 heavy (non-hydrogen) atoms. The summed E-state index contributed by atoms with van der Waals surface area (Å²) < 4.78 is 8.50. The first-order valence-corrected chi connectivity index (χ1v) is 17.1. The van der Waals surface area contributed by atoms with E-state index in [0.29, 0.717) is 17.0 Å². The third-order valence-corrected chi connectivity index (χ3v) is 9.64. The number of para-hydroxylation sites is 2. The molecule has 256 valence electrons. The number of hydrogen-bond acceptors (Lipinski definition) is 4. The largest absolute Gasteiger partial charge is 0.507 e. The van der Waals surface area contributed by atoms with Crippen LogP contribution in [-0.2, 0) is 26.5 Å². The summed E-state index contributed by atoms with van der Waals surface area (Å²) in [5.41, 5.74) is 11.6. The normalized spacial score (nSPS) is 11.7. The van der Waals surface area contributed by atoms with Crippen molar-refractivity contribution >= 4 is 33.0 Å². The van der Waals surface area contributed by atoms with Crippen molar-refractivity contribution in [2.45, 2.75) is 26.2 Å². The Morgan fingerprint density at radius 3 is 2.23 bits per heavy atom. The number of benzene rings is 6. The van der Waals surface area contributed by atoms with Crippen molar-refractivity contribution < 1.29 is 30.6 Å². The molecule has 6 aromatic carbocycles. The van der Waals surface area contributed by atoms with Crippen LogP contribution in [-0.4, -0.2) is 19.6 Å². The monoisotopic (exact) mass is 855 g/mol. The van der Waals surface area contributed by atoms with Gasteiger partial charge in [0.1, 0.15) is 22.7 Å². The van der Waals surface area contributed by atoms with Gasteiger partial charge in [-0.2, -0.15) is 0 Å². The molecule has 0 saturated carbocycles. The fraction of sp³-hybridized carbons (Fsp3) is 0.0870. The molecule has 0 spiro atoms. The Labute approximate surface area is 316 Å². The van der Waals surface area contributed by atoms with E-state index in [0.717, 1.165) is 66.6 Å². The topological polar surface area (TPSA) is 64.1 Å². The van der Waals surface area contributed by atoms with E-state index in [1.807, 2.05) is 66.7 Å². The predicted molar refractivity (Wildman–Crippen MR) is 207 cm³/mol. The molecule has 3 heterocycles. The number of nitrogens with zero attached hydrogens (tertiary/aromatic N) is 3. The zero-order valence-electron chi connectivity index (χ0n) is 28.9. The molecule has 0 aliphatic rings. The molecule has 9 aromatic rings. The number of rotatable bonds is 5. The SMILES string of the molecule is CC(C)(C)c1ccc(-n2c(-c3cc4oc5ccccc5c4cc3O)nc3c(-c4[c-]c(-c5ccccn5)ccc4)cccc32)c(-c2ccccc2)c1.[Pt]. The second kappa shape index (κ2) is 13.1. The Hall–Kier alpha value is -5.77. The first-order chi connectivity index (χ1) is 24.8. The summed E-state index contributed by atoms with van der Waals surface area (Å²) in [4.78, 5) is 9.96. The summed E-state index contributed by atoms with van der Waals surface area (Å²) in [5.74, 6) is 0.738. The van der Waals surface area contributed by atoms with E-state index >= 15 is 0 Å². The summed E-state index contributed by atoms with van der Waals surface area (Å²) >= 11 is 0. The summed E-state index contributed by atoms with van der Waals surface area (Å²) in [7, 11) is 0. The molecule has 0 amide bonds. The minimum absolute atomic E-state index is 0. The van der Waals surface area contributed by atoms with Crippen LogP contribution < -0.4 is 0 Å². The minimum atomic E-state index is -0.0614. The molecule has 0 saturated heterocycles. The van der Waals surface area contributed by atoms with Gasteiger partial charge < -0.3 is 9.52 Å². The average molecular weight is 856 g/mol. The van der Waals surface area contributed by atoms with E-state index in [2.05, 4.69) is 103 Å². The van der Waals surface area contributed by atoms with E-state index in [9.17, 15) is 5.11 Å².